The van der Waals surface area contributed by atoms with Crippen molar-refractivity contribution >= 4 is 0 Å². The normalized spacial score (nSPS) is 5.00. The molecule has 0 fully saturated rings. The van der Waals surface area contributed by atoms with E-state index in [1.807, 2.05) is 6.92 Å². The Balaban J connectivity index is -0.0000000450. The van der Waals surface area contributed by atoms with Crippen LogP contribution < -0.4 is 0 Å². The van der Waals surface area contributed by atoms with Gasteiger partial charge in [-0.1, -0.05) is 6.92 Å². The van der Waals surface area contributed by atoms with E-state index in [9.17, 15) is 0 Å². The van der Waals surface area contributed by atoms with Gasteiger partial charge in [-0.2, -0.15) is 0 Å². The van der Waals surface area contributed by atoms with Crippen LogP contribution in [-0.4, -0.2) is 17.2 Å². The topological polar surface area (TPSA) is 51.7 Å². The van der Waals surface area contributed by atoms with E-state index in [4.69, 9.17) is 5.11 Å². The largest absolute Gasteiger partial charge is 0.412 e. The summed E-state index contributed by atoms with van der Waals surface area (Å²) in [6.07, 6.45) is 0.875. The molecule has 0 atom stereocenters. The fourth-order valence-corrected chi connectivity index (χ4v) is 0. The minimum absolute atomic E-state index is 0. The Hall–Kier alpha value is 0.803. The molecule has 3 heteroatoms. The zero-order valence-corrected chi connectivity index (χ0v) is 6.32. The van der Waals surface area contributed by atoms with E-state index in [-0.39, 0.29) is 31.7 Å². The molecule has 0 spiro atoms. The predicted molar refractivity (Wildman–Crippen MR) is 21.0 cm³/mol. The van der Waals surface area contributed by atoms with Gasteiger partial charge in [-0.05, 0) is 6.42 Å². The van der Waals surface area contributed by atoms with Crippen molar-refractivity contribution in [2.24, 2.45) is 0 Å². The van der Waals surface area contributed by atoms with E-state index in [1.54, 1.807) is 0 Å². The van der Waals surface area contributed by atoms with Crippen LogP contribution in [0.15, 0.2) is 0 Å². The molecule has 0 aromatic heterocycles. The maximum Gasteiger partial charge on any atom is 0.0428 e. The number of aliphatic hydroxyl groups is 1. The van der Waals surface area contributed by atoms with Gasteiger partial charge < -0.3 is 10.6 Å². The van der Waals surface area contributed by atoms with E-state index in [1.165, 1.54) is 0 Å². The zero-order chi connectivity index (χ0) is 3.41. The van der Waals surface area contributed by atoms with Crippen molar-refractivity contribution in [3.8, 4) is 0 Å². The first-order valence-electron chi connectivity index (χ1n) is 1.52. The number of hydrogen-bond acceptors (Lipinski definition) is 1. The first-order chi connectivity index (χ1) is 1.91. The Morgan fingerprint density at radius 3 is 1.67 bits per heavy atom. The third-order valence-corrected chi connectivity index (χ3v) is 0.224. The smallest absolute Gasteiger partial charge is 0.0428 e. The standard InChI is InChI=1S/C3H8O.H2O.Zr/c1-2-3-4;;/h4H,2-3H2,1H3;1H2;. The minimum atomic E-state index is 0. The van der Waals surface area contributed by atoms with Crippen molar-refractivity contribution in [3.05, 3.63) is 0 Å². The number of hydrogen-bond donors (Lipinski definition) is 1. The minimum Gasteiger partial charge on any atom is -0.412 e. The average Bonchev–Trinajstić information content (AvgIpc) is 1.37. The molecule has 0 aromatic carbocycles. The SMILES string of the molecule is CCCO.O.[Zr]. The van der Waals surface area contributed by atoms with E-state index in [2.05, 4.69) is 0 Å². The van der Waals surface area contributed by atoms with Crippen LogP contribution in [0.4, 0.5) is 0 Å². The molecule has 0 saturated heterocycles. The molecule has 0 aliphatic rings. The molecule has 0 unspecified atom stereocenters. The Kier molecular flexibility index (Phi) is 45.0. The summed E-state index contributed by atoms with van der Waals surface area (Å²) in [5, 5.41) is 7.88. The first-order valence-corrected chi connectivity index (χ1v) is 1.52. The molecule has 0 saturated carbocycles. The summed E-state index contributed by atoms with van der Waals surface area (Å²) >= 11 is 0. The molecular weight excluding hydrogens is 159 g/mol. The van der Waals surface area contributed by atoms with Crippen molar-refractivity contribution in [3.63, 3.8) is 0 Å². The monoisotopic (exact) mass is 168 g/mol. The van der Waals surface area contributed by atoms with Gasteiger partial charge in [-0.25, -0.2) is 0 Å². The van der Waals surface area contributed by atoms with Crippen LogP contribution in [0.2, 0.25) is 0 Å². The molecule has 0 heterocycles. The van der Waals surface area contributed by atoms with Gasteiger partial charge in [-0.3, -0.25) is 0 Å². The average molecular weight is 169 g/mol. The third-order valence-electron chi connectivity index (χ3n) is 0.224. The number of rotatable bonds is 1. The van der Waals surface area contributed by atoms with Gasteiger partial charge >= 0.3 is 0 Å². The van der Waals surface area contributed by atoms with E-state index >= 15 is 0 Å². The molecule has 6 heavy (non-hydrogen) atoms. The van der Waals surface area contributed by atoms with Gasteiger partial charge in [0.2, 0.25) is 0 Å². The third kappa shape index (κ3) is 21.4. The van der Waals surface area contributed by atoms with Crippen LogP contribution in [-0.2, 0) is 26.2 Å². The zero-order valence-electron chi connectivity index (χ0n) is 3.86. The van der Waals surface area contributed by atoms with Crippen molar-refractivity contribution in [1.29, 1.82) is 0 Å². The molecule has 38 valence electrons. The van der Waals surface area contributed by atoms with Crippen LogP contribution in [0.25, 0.3) is 0 Å². The second kappa shape index (κ2) is 17.0. The first kappa shape index (κ1) is 15.8. The summed E-state index contributed by atoms with van der Waals surface area (Å²) < 4.78 is 0. The van der Waals surface area contributed by atoms with Crippen LogP contribution in [0.5, 0.6) is 0 Å². The molecule has 2 nitrogen and oxygen atoms in total. The molecule has 0 radical (unpaired) electrons. The van der Waals surface area contributed by atoms with Crippen LogP contribution >= 0.6 is 0 Å². The van der Waals surface area contributed by atoms with Gasteiger partial charge in [0.1, 0.15) is 0 Å². The maximum atomic E-state index is 7.88. The van der Waals surface area contributed by atoms with Crippen LogP contribution in [0.3, 0.4) is 0 Å². The summed E-state index contributed by atoms with van der Waals surface area (Å²) in [6.45, 7) is 2.25. The molecular formula is C3H10O2Zr. The second-order valence-electron chi connectivity index (χ2n) is 0.724. The van der Waals surface area contributed by atoms with Crippen molar-refractivity contribution in [2.45, 2.75) is 13.3 Å². The van der Waals surface area contributed by atoms with Crippen molar-refractivity contribution in [1.82, 2.24) is 0 Å². The van der Waals surface area contributed by atoms with Crippen LogP contribution in [0.1, 0.15) is 13.3 Å². The fourth-order valence-electron chi connectivity index (χ4n) is 0. The van der Waals surface area contributed by atoms with Gasteiger partial charge in [0.25, 0.3) is 0 Å². The van der Waals surface area contributed by atoms with E-state index < -0.39 is 0 Å². The van der Waals surface area contributed by atoms with Gasteiger partial charge in [-0.15, -0.1) is 0 Å². The Labute approximate surface area is 57.0 Å². The van der Waals surface area contributed by atoms with Gasteiger partial charge in [0.15, 0.2) is 0 Å². The molecule has 0 rings (SSSR count). The maximum absolute atomic E-state index is 7.88. The Morgan fingerprint density at radius 1 is 1.50 bits per heavy atom. The molecule has 0 aliphatic heterocycles. The molecule has 0 amide bonds. The summed E-state index contributed by atoms with van der Waals surface area (Å²) in [5.41, 5.74) is 0. The van der Waals surface area contributed by atoms with E-state index in [0.29, 0.717) is 6.61 Å². The fraction of sp³-hybridized carbons (Fsp3) is 1.00. The predicted octanol–water partition coefficient (Wildman–Crippen LogP) is -0.439. The summed E-state index contributed by atoms with van der Waals surface area (Å²) in [7, 11) is 0. The molecule has 3 N–H and O–H groups in total. The van der Waals surface area contributed by atoms with Crippen molar-refractivity contribution < 1.29 is 36.8 Å². The summed E-state index contributed by atoms with van der Waals surface area (Å²) in [6, 6.07) is 0. The quantitative estimate of drug-likeness (QED) is 0.568. The molecule has 0 aliphatic carbocycles. The second-order valence-corrected chi connectivity index (χ2v) is 0.724. The molecule has 0 aromatic rings. The Morgan fingerprint density at radius 2 is 1.67 bits per heavy atom. The summed E-state index contributed by atoms with van der Waals surface area (Å²) in [5.74, 6) is 0. The van der Waals surface area contributed by atoms with Gasteiger partial charge in [0.05, 0.1) is 0 Å². The number of aliphatic hydroxyl groups excluding tert-OH is 1. The van der Waals surface area contributed by atoms with Crippen molar-refractivity contribution in [2.75, 3.05) is 6.61 Å². The molecule has 0 bridgehead atoms. The van der Waals surface area contributed by atoms with E-state index in [0.717, 1.165) is 6.42 Å². The Bertz CT molecular complexity index is 10.8. The van der Waals surface area contributed by atoms with Gasteiger partial charge in [0, 0.05) is 32.8 Å². The van der Waals surface area contributed by atoms with Crippen LogP contribution in [0, 0.1) is 0 Å². The summed E-state index contributed by atoms with van der Waals surface area (Å²) in [4.78, 5) is 0.